The number of fused-ring (bicyclic) bond motifs is 6. The molecule has 0 saturated carbocycles. The summed E-state index contributed by atoms with van der Waals surface area (Å²) < 4.78 is 8.52. The molecule has 0 aliphatic heterocycles. The monoisotopic (exact) mass is 389 g/mol. The zero-order chi connectivity index (χ0) is 20.5. The lowest BCUT2D eigenvalue weighted by atomic mass is 9.86. The first-order chi connectivity index (χ1) is 14.5. The number of aromatic nitrogens is 1. The van der Waals surface area contributed by atoms with Gasteiger partial charge in [0.2, 0.25) is 0 Å². The van der Waals surface area contributed by atoms with Gasteiger partial charge >= 0.3 is 0 Å². The number of hydrogen-bond donors (Lipinski definition) is 0. The van der Waals surface area contributed by atoms with Gasteiger partial charge in [0.25, 0.3) is 0 Å². The van der Waals surface area contributed by atoms with Gasteiger partial charge in [-0.2, -0.15) is 0 Å². The summed E-state index contributed by atoms with van der Waals surface area (Å²) in [5.74, 6) is 0. The van der Waals surface area contributed by atoms with E-state index in [2.05, 4.69) is 110 Å². The second-order valence-electron chi connectivity index (χ2n) is 9.11. The first kappa shape index (κ1) is 17.3. The van der Waals surface area contributed by atoms with Gasteiger partial charge in [0.15, 0.2) is 0 Å². The van der Waals surface area contributed by atoms with Crippen LogP contribution in [0, 0.1) is 0 Å². The summed E-state index contributed by atoms with van der Waals surface area (Å²) in [6.45, 7) is 6.75. The molecule has 0 saturated heterocycles. The summed E-state index contributed by atoms with van der Waals surface area (Å²) in [6, 6.07) is 30.4. The largest absolute Gasteiger partial charge is 0.456 e. The van der Waals surface area contributed by atoms with Crippen LogP contribution in [0.25, 0.3) is 49.4 Å². The molecule has 0 bridgehead atoms. The molecule has 0 atom stereocenters. The third-order valence-electron chi connectivity index (χ3n) is 6.16. The fourth-order valence-corrected chi connectivity index (χ4v) is 4.57. The standard InChI is InChI=1S/C28H23NO/c1-28(2,3)18-12-14-26-22(16-18)23-17-19(13-15-27(23)30-26)29-24-10-6-4-8-20(24)21-9-5-7-11-25(21)29/h4-17H,1-3H3. The van der Waals surface area contributed by atoms with Gasteiger partial charge in [-0.15, -0.1) is 0 Å². The molecule has 2 heteroatoms. The Kier molecular flexibility index (Phi) is 3.47. The van der Waals surface area contributed by atoms with Crippen molar-refractivity contribution < 1.29 is 4.42 Å². The first-order valence-corrected chi connectivity index (χ1v) is 10.5. The summed E-state index contributed by atoms with van der Waals surface area (Å²) in [5.41, 5.74) is 6.89. The van der Waals surface area contributed by atoms with Gasteiger partial charge in [-0.25, -0.2) is 0 Å². The number of furan rings is 1. The normalized spacial score (nSPS) is 12.5. The number of rotatable bonds is 1. The van der Waals surface area contributed by atoms with Crippen molar-refractivity contribution in [1.29, 1.82) is 0 Å². The van der Waals surface area contributed by atoms with Gasteiger partial charge in [-0.1, -0.05) is 63.2 Å². The molecule has 2 heterocycles. The van der Waals surface area contributed by atoms with E-state index in [0.29, 0.717) is 0 Å². The zero-order valence-corrected chi connectivity index (χ0v) is 17.4. The Balaban J connectivity index is 1.68. The van der Waals surface area contributed by atoms with Crippen molar-refractivity contribution in [2.45, 2.75) is 26.2 Å². The highest BCUT2D eigenvalue weighted by atomic mass is 16.3. The molecule has 0 amide bonds. The topological polar surface area (TPSA) is 18.1 Å². The van der Waals surface area contributed by atoms with Crippen LogP contribution in [0.4, 0.5) is 0 Å². The molecule has 6 rings (SSSR count). The van der Waals surface area contributed by atoms with Crippen LogP contribution in [-0.2, 0) is 5.41 Å². The zero-order valence-electron chi connectivity index (χ0n) is 17.4. The predicted octanol–water partition coefficient (Wildman–Crippen LogP) is 7.98. The van der Waals surface area contributed by atoms with E-state index in [0.717, 1.165) is 22.2 Å². The van der Waals surface area contributed by atoms with Crippen LogP contribution >= 0.6 is 0 Å². The minimum Gasteiger partial charge on any atom is -0.456 e. The summed E-state index contributed by atoms with van der Waals surface area (Å²) >= 11 is 0. The molecule has 0 N–H and O–H groups in total. The second kappa shape index (κ2) is 5.99. The van der Waals surface area contributed by atoms with Gasteiger partial charge in [-0.05, 0) is 53.4 Å². The van der Waals surface area contributed by atoms with E-state index in [1.54, 1.807) is 0 Å². The molecule has 30 heavy (non-hydrogen) atoms. The average Bonchev–Trinajstić information content (AvgIpc) is 3.28. The van der Waals surface area contributed by atoms with Crippen LogP contribution in [0.2, 0.25) is 0 Å². The smallest absolute Gasteiger partial charge is 0.135 e. The summed E-state index contributed by atoms with van der Waals surface area (Å²) in [5, 5.41) is 4.90. The van der Waals surface area contributed by atoms with Gasteiger partial charge in [0.1, 0.15) is 11.2 Å². The van der Waals surface area contributed by atoms with Crippen LogP contribution in [-0.4, -0.2) is 4.57 Å². The van der Waals surface area contributed by atoms with E-state index >= 15 is 0 Å². The van der Waals surface area contributed by atoms with E-state index in [1.807, 2.05) is 0 Å². The highest BCUT2D eigenvalue weighted by molar-refractivity contribution is 6.10. The molecular weight excluding hydrogens is 366 g/mol. The quantitative estimate of drug-likeness (QED) is 0.279. The third-order valence-corrected chi connectivity index (χ3v) is 6.16. The molecule has 0 fully saturated rings. The molecule has 0 unspecified atom stereocenters. The van der Waals surface area contributed by atoms with Crippen LogP contribution in [0.1, 0.15) is 26.3 Å². The van der Waals surface area contributed by atoms with E-state index in [4.69, 9.17) is 4.42 Å². The van der Waals surface area contributed by atoms with E-state index in [1.165, 1.54) is 32.8 Å². The molecule has 146 valence electrons. The molecule has 4 aromatic carbocycles. The summed E-state index contributed by atoms with van der Waals surface area (Å²) in [4.78, 5) is 0. The van der Waals surface area contributed by atoms with E-state index in [9.17, 15) is 0 Å². The molecule has 0 radical (unpaired) electrons. The van der Waals surface area contributed by atoms with E-state index in [-0.39, 0.29) is 5.41 Å². The van der Waals surface area contributed by atoms with Crippen molar-refractivity contribution in [1.82, 2.24) is 4.57 Å². The third kappa shape index (κ3) is 2.43. The molecule has 0 aliphatic carbocycles. The van der Waals surface area contributed by atoms with Crippen LogP contribution in [0.3, 0.4) is 0 Å². The predicted molar refractivity (Wildman–Crippen MR) is 127 cm³/mol. The Morgan fingerprint density at radius 3 is 1.80 bits per heavy atom. The maximum Gasteiger partial charge on any atom is 0.135 e. The maximum atomic E-state index is 6.16. The van der Waals surface area contributed by atoms with Crippen LogP contribution in [0.15, 0.2) is 89.3 Å². The summed E-state index contributed by atoms with van der Waals surface area (Å²) in [7, 11) is 0. The Morgan fingerprint density at radius 2 is 1.17 bits per heavy atom. The molecule has 2 aromatic heterocycles. The SMILES string of the molecule is CC(C)(C)c1ccc2oc3ccc(-n4c5ccccc5c5ccccc54)cc3c2c1. The van der Waals surface area contributed by atoms with Crippen LogP contribution < -0.4 is 0 Å². The highest BCUT2D eigenvalue weighted by Gasteiger charge is 2.17. The molecule has 0 aliphatic rings. The van der Waals surface area contributed by atoms with E-state index < -0.39 is 0 Å². The lowest BCUT2D eigenvalue weighted by Crippen LogP contribution is -2.10. The Morgan fingerprint density at radius 1 is 0.600 bits per heavy atom. The molecular formula is C28H23NO. The van der Waals surface area contributed by atoms with Crippen molar-refractivity contribution >= 4 is 43.7 Å². The van der Waals surface area contributed by atoms with Crippen molar-refractivity contribution in [2.24, 2.45) is 0 Å². The minimum atomic E-state index is 0.0994. The Bertz CT molecular complexity index is 1520. The number of para-hydroxylation sites is 2. The maximum absolute atomic E-state index is 6.16. The fourth-order valence-electron chi connectivity index (χ4n) is 4.57. The van der Waals surface area contributed by atoms with Gasteiger partial charge < -0.3 is 8.98 Å². The minimum absolute atomic E-state index is 0.0994. The lowest BCUT2D eigenvalue weighted by Gasteiger charge is -2.18. The van der Waals surface area contributed by atoms with Crippen molar-refractivity contribution in [3.05, 3.63) is 90.5 Å². The second-order valence-corrected chi connectivity index (χ2v) is 9.11. The molecule has 2 nitrogen and oxygen atoms in total. The number of benzene rings is 4. The van der Waals surface area contributed by atoms with Gasteiger partial charge in [0.05, 0.1) is 11.0 Å². The molecule has 6 aromatic rings. The molecule has 0 spiro atoms. The van der Waals surface area contributed by atoms with Gasteiger partial charge in [0, 0.05) is 27.2 Å². The van der Waals surface area contributed by atoms with Crippen molar-refractivity contribution in [3.8, 4) is 5.69 Å². The number of nitrogens with zero attached hydrogens (tertiary/aromatic N) is 1. The highest BCUT2D eigenvalue weighted by Crippen LogP contribution is 2.36. The average molecular weight is 389 g/mol. The fraction of sp³-hybridized carbons (Fsp3) is 0.143. The van der Waals surface area contributed by atoms with Crippen LogP contribution in [0.5, 0.6) is 0 Å². The Labute approximate surface area is 175 Å². The van der Waals surface area contributed by atoms with Crippen molar-refractivity contribution in [3.63, 3.8) is 0 Å². The first-order valence-electron chi connectivity index (χ1n) is 10.5. The lowest BCUT2D eigenvalue weighted by molar-refractivity contribution is 0.590. The Hall–Kier alpha value is -3.52. The summed E-state index contributed by atoms with van der Waals surface area (Å²) in [6.07, 6.45) is 0. The van der Waals surface area contributed by atoms with Crippen molar-refractivity contribution in [2.75, 3.05) is 0 Å². The van der Waals surface area contributed by atoms with Gasteiger partial charge in [-0.3, -0.25) is 0 Å². The number of hydrogen-bond acceptors (Lipinski definition) is 1.